The highest BCUT2D eigenvalue weighted by atomic mass is 32.2. The van der Waals surface area contributed by atoms with E-state index in [1.54, 1.807) is 31.6 Å². The molecule has 22 heavy (non-hydrogen) atoms. The van der Waals surface area contributed by atoms with E-state index < -0.39 is 10.0 Å². The average molecular weight is 323 g/mol. The van der Waals surface area contributed by atoms with E-state index in [9.17, 15) is 12.8 Å². The molecule has 1 saturated carbocycles. The van der Waals surface area contributed by atoms with Crippen LogP contribution in [-0.2, 0) is 17.1 Å². The molecule has 5 nitrogen and oxygen atoms in total. The van der Waals surface area contributed by atoms with Crippen LogP contribution in [-0.4, -0.2) is 24.2 Å². The third-order valence-corrected chi connectivity index (χ3v) is 5.83. The fraction of sp³-hybridized carbons (Fsp3) is 0.400. The summed E-state index contributed by atoms with van der Waals surface area (Å²) < 4.78 is 42.6. The molecule has 7 heteroatoms. The molecule has 0 aliphatic heterocycles. The van der Waals surface area contributed by atoms with E-state index in [1.165, 1.54) is 12.1 Å². The van der Waals surface area contributed by atoms with Crippen molar-refractivity contribution in [3.8, 4) is 0 Å². The van der Waals surface area contributed by atoms with Crippen LogP contribution in [0, 0.1) is 19.7 Å². The first-order valence-corrected chi connectivity index (χ1v) is 8.56. The van der Waals surface area contributed by atoms with Gasteiger partial charge >= 0.3 is 0 Å². The Kier molecular flexibility index (Phi) is 3.57. The second-order valence-corrected chi connectivity index (χ2v) is 7.40. The molecule has 0 amide bonds. The molecular formula is C15H18FN3O2S. The van der Waals surface area contributed by atoms with E-state index in [4.69, 9.17) is 0 Å². The van der Waals surface area contributed by atoms with E-state index in [0.717, 1.165) is 5.56 Å². The zero-order valence-corrected chi connectivity index (χ0v) is 13.5. The number of nitrogens with one attached hydrogen (secondary N) is 1. The summed E-state index contributed by atoms with van der Waals surface area (Å²) in [7, 11) is -1.90. The summed E-state index contributed by atoms with van der Waals surface area (Å²) in [6.45, 7) is 3.41. The molecule has 1 aromatic heterocycles. The van der Waals surface area contributed by atoms with Gasteiger partial charge in [-0.15, -0.1) is 0 Å². The fourth-order valence-corrected chi connectivity index (χ4v) is 4.56. The molecule has 1 aliphatic rings. The first kappa shape index (κ1) is 15.2. The Morgan fingerprint density at radius 1 is 1.36 bits per heavy atom. The quantitative estimate of drug-likeness (QED) is 0.936. The Labute approximate surface area is 129 Å². The first-order chi connectivity index (χ1) is 10.3. The van der Waals surface area contributed by atoms with E-state index in [2.05, 4.69) is 9.82 Å². The molecule has 2 atom stereocenters. The van der Waals surface area contributed by atoms with Gasteiger partial charge in [0.15, 0.2) is 0 Å². The monoisotopic (exact) mass is 323 g/mol. The van der Waals surface area contributed by atoms with Crippen molar-refractivity contribution >= 4 is 10.0 Å². The molecule has 0 bridgehead atoms. The number of hydrogen-bond acceptors (Lipinski definition) is 3. The van der Waals surface area contributed by atoms with Crippen LogP contribution in [0.15, 0.2) is 29.2 Å². The highest BCUT2D eigenvalue weighted by Gasteiger charge is 2.42. The molecule has 118 valence electrons. The third kappa shape index (κ3) is 2.66. The van der Waals surface area contributed by atoms with Gasteiger partial charge in [-0.3, -0.25) is 4.68 Å². The van der Waals surface area contributed by atoms with E-state index in [0.29, 0.717) is 17.8 Å². The van der Waals surface area contributed by atoms with Gasteiger partial charge in [0.2, 0.25) is 10.0 Å². The number of sulfonamides is 1. The number of aryl methyl sites for hydroxylation is 2. The van der Waals surface area contributed by atoms with E-state index >= 15 is 0 Å². The fourth-order valence-electron chi connectivity index (χ4n) is 2.83. The van der Waals surface area contributed by atoms with Crippen LogP contribution in [0.4, 0.5) is 4.39 Å². The van der Waals surface area contributed by atoms with Crippen molar-refractivity contribution in [3.63, 3.8) is 0 Å². The number of rotatable bonds is 4. The Morgan fingerprint density at radius 3 is 2.68 bits per heavy atom. The van der Waals surface area contributed by atoms with Crippen LogP contribution in [0.2, 0.25) is 0 Å². The standard InChI is InChI=1S/C15H18FN3O2S/c1-9-15(10(2)19(3)17-9)22(20,21)18-14-8-13(14)11-5-4-6-12(16)7-11/h4-7,13-14,18H,8H2,1-3H3/t13-,14+/m1/s1. The van der Waals surface area contributed by atoms with E-state index in [-0.39, 0.29) is 22.7 Å². The number of nitrogens with zero attached hydrogens (tertiary/aromatic N) is 2. The molecule has 1 N–H and O–H groups in total. The normalized spacial score (nSPS) is 21.1. The van der Waals surface area contributed by atoms with Crippen LogP contribution >= 0.6 is 0 Å². The lowest BCUT2D eigenvalue weighted by atomic mass is 10.1. The van der Waals surface area contributed by atoms with Gasteiger partial charge in [0, 0.05) is 19.0 Å². The molecule has 0 radical (unpaired) electrons. The van der Waals surface area contributed by atoms with Crippen molar-refractivity contribution in [2.24, 2.45) is 7.05 Å². The van der Waals surface area contributed by atoms with Gasteiger partial charge in [0.1, 0.15) is 10.7 Å². The van der Waals surface area contributed by atoms with E-state index in [1.807, 2.05) is 6.07 Å². The number of benzene rings is 1. The molecule has 1 heterocycles. The maximum atomic E-state index is 13.2. The second kappa shape index (κ2) is 5.17. The lowest BCUT2D eigenvalue weighted by Crippen LogP contribution is -2.27. The third-order valence-electron chi connectivity index (χ3n) is 4.09. The van der Waals surface area contributed by atoms with Gasteiger partial charge < -0.3 is 0 Å². The van der Waals surface area contributed by atoms with Crippen LogP contribution in [0.5, 0.6) is 0 Å². The maximum absolute atomic E-state index is 13.2. The molecule has 1 fully saturated rings. The molecule has 1 aliphatic carbocycles. The second-order valence-electron chi connectivity index (χ2n) is 5.75. The molecule has 3 rings (SSSR count). The molecule has 2 aromatic rings. The van der Waals surface area contributed by atoms with Crippen molar-refractivity contribution in [1.29, 1.82) is 0 Å². The van der Waals surface area contributed by atoms with Crippen LogP contribution < -0.4 is 4.72 Å². The van der Waals surface area contributed by atoms with Crippen molar-refractivity contribution in [1.82, 2.24) is 14.5 Å². The maximum Gasteiger partial charge on any atom is 0.244 e. The molecular weight excluding hydrogens is 305 g/mol. The van der Waals surface area contributed by atoms with Crippen molar-refractivity contribution in [2.45, 2.75) is 37.1 Å². The van der Waals surface area contributed by atoms with Gasteiger partial charge in [-0.1, -0.05) is 12.1 Å². The van der Waals surface area contributed by atoms with Crippen molar-refractivity contribution < 1.29 is 12.8 Å². The Morgan fingerprint density at radius 2 is 2.09 bits per heavy atom. The SMILES string of the molecule is Cc1nn(C)c(C)c1S(=O)(=O)N[C@H]1C[C@@H]1c1cccc(F)c1. The molecule has 0 unspecified atom stereocenters. The Bertz CT molecular complexity index is 829. The highest BCUT2D eigenvalue weighted by Crippen LogP contribution is 2.42. The van der Waals surface area contributed by atoms with Gasteiger partial charge in [-0.05, 0) is 38.0 Å². The lowest BCUT2D eigenvalue weighted by molar-refractivity contribution is 0.578. The summed E-state index contributed by atoms with van der Waals surface area (Å²) in [6.07, 6.45) is 0.682. The summed E-state index contributed by atoms with van der Waals surface area (Å²) in [4.78, 5) is 0.236. The minimum atomic E-state index is -3.62. The van der Waals surface area contributed by atoms with Crippen molar-refractivity contribution in [3.05, 3.63) is 47.0 Å². The predicted molar refractivity (Wildman–Crippen MR) is 80.5 cm³/mol. The summed E-state index contributed by atoms with van der Waals surface area (Å²) in [5, 5.41) is 4.14. The van der Waals surface area contributed by atoms with Gasteiger partial charge in [-0.2, -0.15) is 5.10 Å². The number of halogens is 1. The minimum Gasteiger partial charge on any atom is -0.271 e. The number of hydrogen-bond donors (Lipinski definition) is 1. The molecule has 1 aromatic carbocycles. The minimum absolute atomic E-state index is 0.0303. The van der Waals surface area contributed by atoms with Crippen LogP contribution in [0.3, 0.4) is 0 Å². The summed E-state index contributed by atoms with van der Waals surface area (Å²) in [6, 6.07) is 6.12. The summed E-state index contributed by atoms with van der Waals surface area (Å²) >= 11 is 0. The summed E-state index contributed by atoms with van der Waals surface area (Å²) in [5.41, 5.74) is 1.91. The van der Waals surface area contributed by atoms with Gasteiger partial charge in [0.05, 0.1) is 11.4 Å². The molecule has 0 saturated heterocycles. The smallest absolute Gasteiger partial charge is 0.244 e. The Hall–Kier alpha value is -1.73. The zero-order valence-electron chi connectivity index (χ0n) is 12.7. The van der Waals surface area contributed by atoms with Gasteiger partial charge in [0.25, 0.3) is 0 Å². The molecule has 0 spiro atoms. The zero-order chi connectivity index (χ0) is 16.1. The highest BCUT2D eigenvalue weighted by molar-refractivity contribution is 7.89. The number of aromatic nitrogens is 2. The summed E-state index contributed by atoms with van der Waals surface area (Å²) in [5.74, 6) is -0.271. The lowest BCUT2D eigenvalue weighted by Gasteiger charge is -2.07. The average Bonchev–Trinajstić information content (AvgIpc) is 3.10. The first-order valence-electron chi connectivity index (χ1n) is 7.07. The topological polar surface area (TPSA) is 64.0 Å². The van der Waals surface area contributed by atoms with Crippen LogP contribution in [0.25, 0.3) is 0 Å². The van der Waals surface area contributed by atoms with Crippen molar-refractivity contribution in [2.75, 3.05) is 0 Å². The van der Waals surface area contributed by atoms with Gasteiger partial charge in [-0.25, -0.2) is 17.5 Å². The largest absolute Gasteiger partial charge is 0.271 e. The Balaban J connectivity index is 1.80. The predicted octanol–water partition coefficient (Wildman–Crippen LogP) is 2.01. The van der Waals surface area contributed by atoms with Crippen LogP contribution in [0.1, 0.15) is 29.3 Å².